The number of hydrogen-bond acceptors (Lipinski definition) is 2. The normalized spacial score (nSPS) is 52.2. The summed E-state index contributed by atoms with van der Waals surface area (Å²) in [6, 6.07) is -0.268. The lowest BCUT2D eigenvalue weighted by molar-refractivity contribution is -0.110. The van der Waals surface area contributed by atoms with Gasteiger partial charge in [-0.15, -0.1) is 0 Å². The number of aldehydes is 1. The van der Waals surface area contributed by atoms with Crippen molar-refractivity contribution in [3.63, 3.8) is 0 Å². The first-order valence-electron chi connectivity index (χ1n) is 7.38. The molecule has 2 nitrogen and oxygen atoms in total. The van der Waals surface area contributed by atoms with Crippen LogP contribution in [0.2, 0.25) is 0 Å². The molecule has 0 aromatic heterocycles. The van der Waals surface area contributed by atoms with Crippen molar-refractivity contribution in [2.75, 3.05) is 0 Å². The van der Waals surface area contributed by atoms with Gasteiger partial charge in [0.2, 0.25) is 0 Å². The SMILES string of the molecule is C=C1CC[C@@H]2[C@H]([C@@H]3C[C@@H](C)C[C@H]13)[C@@]2(C)[C@H](N)C=O. The van der Waals surface area contributed by atoms with E-state index in [-0.39, 0.29) is 11.5 Å². The highest BCUT2D eigenvalue weighted by molar-refractivity contribution is 5.60. The molecule has 0 heterocycles. The van der Waals surface area contributed by atoms with E-state index in [4.69, 9.17) is 5.73 Å². The molecule has 0 aromatic carbocycles. The Morgan fingerprint density at radius 3 is 2.89 bits per heavy atom. The molecule has 3 saturated carbocycles. The fourth-order valence-electron chi connectivity index (χ4n) is 5.25. The third-order valence-corrected chi connectivity index (χ3v) is 6.32. The summed E-state index contributed by atoms with van der Waals surface area (Å²) >= 11 is 0. The van der Waals surface area contributed by atoms with Gasteiger partial charge in [0.1, 0.15) is 6.29 Å². The van der Waals surface area contributed by atoms with Gasteiger partial charge in [0.15, 0.2) is 0 Å². The van der Waals surface area contributed by atoms with Gasteiger partial charge in [-0.05, 0) is 60.7 Å². The van der Waals surface area contributed by atoms with Gasteiger partial charge in [-0.3, -0.25) is 0 Å². The van der Waals surface area contributed by atoms with Crippen molar-refractivity contribution in [3.05, 3.63) is 12.2 Å². The van der Waals surface area contributed by atoms with E-state index in [1.165, 1.54) is 24.8 Å². The van der Waals surface area contributed by atoms with Crippen molar-refractivity contribution >= 4 is 6.29 Å². The van der Waals surface area contributed by atoms with Gasteiger partial charge >= 0.3 is 0 Å². The van der Waals surface area contributed by atoms with Gasteiger partial charge in [0.05, 0.1) is 6.04 Å². The predicted octanol–water partition coefficient (Wildman–Crippen LogP) is 2.78. The van der Waals surface area contributed by atoms with Gasteiger partial charge < -0.3 is 10.5 Å². The van der Waals surface area contributed by atoms with E-state index >= 15 is 0 Å². The minimum Gasteiger partial charge on any atom is -0.321 e. The summed E-state index contributed by atoms with van der Waals surface area (Å²) in [5, 5.41) is 0. The molecule has 3 fully saturated rings. The Morgan fingerprint density at radius 1 is 1.50 bits per heavy atom. The number of fused-ring (bicyclic) bond motifs is 3. The molecule has 0 amide bonds. The highest BCUT2D eigenvalue weighted by Gasteiger charge is 2.68. The van der Waals surface area contributed by atoms with Crippen molar-refractivity contribution in [2.45, 2.75) is 45.6 Å². The Morgan fingerprint density at radius 2 is 2.22 bits per heavy atom. The smallest absolute Gasteiger partial charge is 0.137 e. The topological polar surface area (TPSA) is 43.1 Å². The summed E-state index contributed by atoms with van der Waals surface area (Å²) in [5.41, 5.74) is 7.63. The molecule has 3 aliphatic carbocycles. The van der Waals surface area contributed by atoms with E-state index in [0.717, 1.165) is 24.5 Å². The number of carbonyl (C=O) groups is 1. The molecule has 2 heteroatoms. The average molecular weight is 247 g/mol. The fourth-order valence-corrected chi connectivity index (χ4v) is 5.25. The van der Waals surface area contributed by atoms with Crippen molar-refractivity contribution in [3.8, 4) is 0 Å². The highest BCUT2D eigenvalue weighted by atomic mass is 16.1. The third kappa shape index (κ3) is 1.48. The van der Waals surface area contributed by atoms with E-state index in [9.17, 15) is 4.79 Å². The maximum absolute atomic E-state index is 11.1. The third-order valence-electron chi connectivity index (χ3n) is 6.32. The van der Waals surface area contributed by atoms with Gasteiger partial charge in [-0.1, -0.05) is 26.0 Å². The summed E-state index contributed by atoms with van der Waals surface area (Å²) in [6.45, 7) is 8.92. The molecule has 0 saturated heterocycles. The molecule has 18 heavy (non-hydrogen) atoms. The van der Waals surface area contributed by atoms with Crippen LogP contribution in [0.3, 0.4) is 0 Å². The second-order valence-corrected chi connectivity index (χ2v) is 7.20. The number of hydrogen-bond donors (Lipinski definition) is 1. The monoisotopic (exact) mass is 247 g/mol. The fraction of sp³-hybridized carbons (Fsp3) is 0.812. The maximum Gasteiger partial charge on any atom is 0.137 e. The first-order chi connectivity index (χ1) is 8.50. The van der Waals surface area contributed by atoms with Crippen LogP contribution in [0.5, 0.6) is 0 Å². The number of carbonyl (C=O) groups excluding carboxylic acids is 1. The summed E-state index contributed by atoms with van der Waals surface area (Å²) < 4.78 is 0. The molecule has 3 rings (SSSR count). The standard InChI is InChI=1S/C16H25NO/c1-9-6-11-10(2)4-5-13-15(12(11)7-9)16(13,3)14(17)8-18/h8-9,11-15H,2,4-7,17H2,1,3H3/t9-,11+,12+,13+,14+,15-,16+/m0/s1. The van der Waals surface area contributed by atoms with Crippen molar-refractivity contribution < 1.29 is 4.79 Å². The van der Waals surface area contributed by atoms with Crippen LogP contribution in [-0.4, -0.2) is 12.3 Å². The molecule has 0 spiro atoms. The van der Waals surface area contributed by atoms with Crippen LogP contribution in [0.4, 0.5) is 0 Å². The van der Waals surface area contributed by atoms with Crippen LogP contribution < -0.4 is 5.73 Å². The van der Waals surface area contributed by atoms with Crippen LogP contribution in [-0.2, 0) is 4.79 Å². The number of allylic oxidation sites excluding steroid dienone is 1. The highest BCUT2D eigenvalue weighted by Crippen LogP contribution is 2.71. The van der Waals surface area contributed by atoms with Gasteiger partial charge in [-0.2, -0.15) is 0 Å². The van der Waals surface area contributed by atoms with Crippen LogP contribution in [0, 0.1) is 35.0 Å². The Kier molecular flexibility index (Phi) is 2.71. The summed E-state index contributed by atoms with van der Waals surface area (Å²) in [7, 11) is 0. The molecule has 0 bridgehead atoms. The summed E-state index contributed by atoms with van der Waals surface area (Å²) in [4.78, 5) is 11.1. The molecule has 0 unspecified atom stereocenters. The van der Waals surface area contributed by atoms with E-state index in [1.807, 2.05) is 0 Å². The van der Waals surface area contributed by atoms with Crippen molar-refractivity contribution in [1.82, 2.24) is 0 Å². The lowest BCUT2D eigenvalue weighted by atomic mass is 9.81. The Bertz CT molecular complexity index is 391. The molecule has 3 aliphatic rings. The van der Waals surface area contributed by atoms with Crippen LogP contribution in [0.25, 0.3) is 0 Å². The van der Waals surface area contributed by atoms with Crippen LogP contribution >= 0.6 is 0 Å². The zero-order chi connectivity index (χ0) is 13.1. The first kappa shape index (κ1) is 12.4. The molecule has 0 aromatic rings. The lowest BCUT2D eigenvalue weighted by Gasteiger charge is -2.25. The van der Waals surface area contributed by atoms with Gasteiger partial charge in [0.25, 0.3) is 0 Å². The lowest BCUT2D eigenvalue weighted by Crippen LogP contribution is -2.35. The molecule has 2 N–H and O–H groups in total. The van der Waals surface area contributed by atoms with Crippen LogP contribution in [0.1, 0.15) is 39.5 Å². The zero-order valence-electron chi connectivity index (χ0n) is 11.6. The van der Waals surface area contributed by atoms with E-state index < -0.39 is 0 Å². The average Bonchev–Trinajstić information content (AvgIpc) is 2.81. The Labute approximate surface area is 110 Å². The quantitative estimate of drug-likeness (QED) is 0.602. The molecule has 0 aliphatic heterocycles. The molecule has 0 radical (unpaired) electrons. The number of rotatable bonds is 2. The number of nitrogens with two attached hydrogens (primary N) is 1. The van der Waals surface area contributed by atoms with Crippen LogP contribution in [0.15, 0.2) is 12.2 Å². The maximum atomic E-state index is 11.1. The van der Waals surface area contributed by atoms with Crippen molar-refractivity contribution in [1.29, 1.82) is 0 Å². The van der Waals surface area contributed by atoms with E-state index in [1.54, 1.807) is 0 Å². The van der Waals surface area contributed by atoms with E-state index in [0.29, 0.717) is 17.8 Å². The first-order valence-corrected chi connectivity index (χ1v) is 7.38. The minimum absolute atomic E-state index is 0.0788. The molecular formula is C16H25NO. The van der Waals surface area contributed by atoms with Gasteiger partial charge in [0, 0.05) is 0 Å². The van der Waals surface area contributed by atoms with Crippen molar-refractivity contribution in [2.24, 2.45) is 40.7 Å². The molecular weight excluding hydrogens is 222 g/mol. The second-order valence-electron chi connectivity index (χ2n) is 7.20. The molecule has 100 valence electrons. The summed E-state index contributed by atoms with van der Waals surface area (Å²) in [6.07, 6.45) is 5.93. The predicted molar refractivity (Wildman–Crippen MR) is 72.9 cm³/mol. The van der Waals surface area contributed by atoms with Gasteiger partial charge in [-0.25, -0.2) is 0 Å². The van der Waals surface area contributed by atoms with E-state index in [2.05, 4.69) is 20.4 Å². The molecule has 7 atom stereocenters. The minimum atomic E-state index is -0.268. The zero-order valence-corrected chi connectivity index (χ0v) is 11.6. The summed E-state index contributed by atoms with van der Waals surface area (Å²) in [5.74, 6) is 3.60. The Balaban J connectivity index is 1.89. The second kappa shape index (κ2) is 3.93. The Hall–Kier alpha value is -0.630. The largest absolute Gasteiger partial charge is 0.321 e.